The zero-order chi connectivity index (χ0) is 21.7. The zero-order valence-electron chi connectivity index (χ0n) is 16.3. The molecule has 7 nitrogen and oxygen atoms in total. The minimum atomic E-state index is -0.540. The predicted molar refractivity (Wildman–Crippen MR) is 117 cm³/mol. The van der Waals surface area contributed by atoms with Crippen molar-refractivity contribution >= 4 is 52.2 Å². The summed E-state index contributed by atoms with van der Waals surface area (Å²) in [6, 6.07) is 11.8. The van der Waals surface area contributed by atoms with Gasteiger partial charge in [0.1, 0.15) is 6.54 Å². The zero-order valence-corrected chi connectivity index (χ0v) is 17.9. The molecule has 0 radical (unpaired) electrons. The summed E-state index contributed by atoms with van der Waals surface area (Å²) in [7, 11) is 1.52. The summed E-state index contributed by atoms with van der Waals surface area (Å²) in [6.45, 7) is 1.86. The Morgan fingerprint density at radius 3 is 2.60 bits per heavy atom. The summed E-state index contributed by atoms with van der Waals surface area (Å²) in [5.41, 5.74) is 1.12. The van der Waals surface area contributed by atoms with E-state index >= 15 is 0 Å². The molecule has 1 fully saturated rings. The summed E-state index contributed by atoms with van der Waals surface area (Å²) in [4.78, 5) is 38.4. The van der Waals surface area contributed by atoms with Crippen LogP contribution >= 0.6 is 23.4 Å². The van der Waals surface area contributed by atoms with E-state index in [9.17, 15) is 14.4 Å². The van der Waals surface area contributed by atoms with E-state index in [0.29, 0.717) is 34.4 Å². The minimum Gasteiger partial charge on any atom is -0.493 e. The Balaban J connectivity index is 1.76. The quantitative estimate of drug-likeness (QED) is 0.633. The topological polar surface area (TPSA) is 84.9 Å². The number of carbonyl (C=O) groups excluding carboxylic acids is 3. The van der Waals surface area contributed by atoms with Crippen molar-refractivity contribution < 1.29 is 23.9 Å². The van der Waals surface area contributed by atoms with Crippen LogP contribution in [0.1, 0.15) is 12.5 Å². The normalized spacial score (nSPS) is 14.9. The summed E-state index contributed by atoms with van der Waals surface area (Å²) >= 11 is 6.59. The lowest BCUT2D eigenvalue weighted by molar-refractivity contribution is -0.127. The van der Waals surface area contributed by atoms with Gasteiger partial charge in [0, 0.05) is 16.3 Å². The number of imide groups is 1. The van der Waals surface area contributed by atoms with Crippen molar-refractivity contribution in [2.45, 2.75) is 6.92 Å². The molecule has 0 bridgehead atoms. The number of nitrogens with zero attached hydrogens (tertiary/aromatic N) is 1. The van der Waals surface area contributed by atoms with Gasteiger partial charge in [-0.25, -0.2) is 0 Å². The Morgan fingerprint density at radius 2 is 1.93 bits per heavy atom. The number of thioether (sulfide) groups is 1. The van der Waals surface area contributed by atoms with Crippen LogP contribution in [0, 0.1) is 0 Å². The van der Waals surface area contributed by atoms with Gasteiger partial charge in [0.2, 0.25) is 5.91 Å². The van der Waals surface area contributed by atoms with Gasteiger partial charge in [-0.15, -0.1) is 0 Å². The van der Waals surface area contributed by atoms with Crippen LogP contribution in [-0.2, 0) is 9.59 Å². The number of anilines is 1. The Hall–Kier alpha value is -2.97. The van der Waals surface area contributed by atoms with Gasteiger partial charge < -0.3 is 14.8 Å². The highest BCUT2D eigenvalue weighted by Crippen LogP contribution is 2.37. The average molecular weight is 447 g/mol. The Bertz CT molecular complexity index is 1010. The molecule has 2 aromatic rings. The first-order chi connectivity index (χ1) is 14.4. The maximum Gasteiger partial charge on any atom is 0.294 e. The van der Waals surface area contributed by atoms with Crippen LogP contribution in [0.4, 0.5) is 10.5 Å². The van der Waals surface area contributed by atoms with Crippen LogP contribution in [0.3, 0.4) is 0 Å². The number of ether oxygens (including phenoxy) is 2. The highest BCUT2D eigenvalue weighted by molar-refractivity contribution is 8.18. The van der Waals surface area contributed by atoms with Gasteiger partial charge >= 0.3 is 0 Å². The van der Waals surface area contributed by atoms with Crippen molar-refractivity contribution in [3.8, 4) is 11.5 Å². The van der Waals surface area contributed by atoms with Gasteiger partial charge in [0.05, 0.1) is 18.6 Å². The smallest absolute Gasteiger partial charge is 0.294 e. The molecule has 1 saturated heterocycles. The molecule has 30 heavy (non-hydrogen) atoms. The number of hydrogen-bond acceptors (Lipinski definition) is 6. The van der Waals surface area contributed by atoms with E-state index in [1.165, 1.54) is 7.11 Å². The molecule has 0 aromatic heterocycles. The Labute approximate surface area is 183 Å². The Morgan fingerprint density at radius 1 is 1.20 bits per heavy atom. The van der Waals surface area contributed by atoms with E-state index in [2.05, 4.69) is 5.32 Å². The summed E-state index contributed by atoms with van der Waals surface area (Å²) < 4.78 is 10.9. The number of hydrogen-bond donors (Lipinski definition) is 1. The van der Waals surface area contributed by atoms with Crippen LogP contribution in [0.15, 0.2) is 47.4 Å². The van der Waals surface area contributed by atoms with Crippen LogP contribution in [0.5, 0.6) is 11.5 Å². The van der Waals surface area contributed by atoms with Crippen molar-refractivity contribution in [3.63, 3.8) is 0 Å². The number of carbonyl (C=O) groups is 3. The van der Waals surface area contributed by atoms with Gasteiger partial charge in [0.15, 0.2) is 11.5 Å². The predicted octanol–water partition coefficient (Wildman–Crippen LogP) is 4.42. The SMILES string of the molecule is CCOc1c(/C=C2/SC(=O)N(CC(=O)Nc3ccc(Cl)cc3)C2=O)cccc1OC. The fourth-order valence-electron chi connectivity index (χ4n) is 2.76. The van der Waals surface area contributed by atoms with E-state index in [1.54, 1.807) is 48.5 Å². The second-order valence-corrected chi connectivity index (χ2v) is 7.56. The molecule has 3 amide bonds. The maximum atomic E-state index is 12.7. The molecule has 9 heteroatoms. The number of nitrogens with one attached hydrogen (secondary N) is 1. The van der Waals surface area contributed by atoms with Gasteiger partial charge in [0.25, 0.3) is 11.1 Å². The summed E-state index contributed by atoms with van der Waals surface area (Å²) in [5.74, 6) is -0.0271. The number of halogens is 1. The minimum absolute atomic E-state index is 0.202. The molecule has 0 saturated carbocycles. The van der Waals surface area contributed by atoms with Gasteiger partial charge in [-0.2, -0.15) is 0 Å². The van der Waals surface area contributed by atoms with Gasteiger partial charge in [-0.3, -0.25) is 19.3 Å². The van der Waals surface area contributed by atoms with Crippen LogP contribution in [0.25, 0.3) is 6.08 Å². The van der Waals surface area contributed by atoms with Crippen molar-refractivity contribution in [2.75, 3.05) is 25.6 Å². The highest BCUT2D eigenvalue weighted by Gasteiger charge is 2.36. The molecule has 1 aliphatic heterocycles. The third-order valence-corrected chi connectivity index (χ3v) is 5.27. The lowest BCUT2D eigenvalue weighted by atomic mass is 10.1. The number of para-hydroxylation sites is 1. The fraction of sp³-hybridized carbons (Fsp3) is 0.190. The first kappa shape index (κ1) is 21.7. The second kappa shape index (κ2) is 9.69. The number of benzene rings is 2. The number of amides is 3. The van der Waals surface area contributed by atoms with Gasteiger partial charge in [-0.1, -0.05) is 23.7 Å². The molecular weight excluding hydrogens is 428 g/mol. The molecule has 0 spiro atoms. The average Bonchev–Trinajstić information content (AvgIpc) is 2.98. The molecule has 156 valence electrons. The molecule has 1 N–H and O–H groups in total. The number of methoxy groups -OCH3 is 1. The van der Waals surface area contributed by atoms with E-state index in [4.69, 9.17) is 21.1 Å². The van der Waals surface area contributed by atoms with Crippen LogP contribution in [-0.4, -0.2) is 42.2 Å². The van der Waals surface area contributed by atoms with Crippen LogP contribution in [0.2, 0.25) is 5.02 Å². The fourth-order valence-corrected chi connectivity index (χ4v) is 3.72. The first-order valence-corrected chi connectivity index (χ1v) is 10.2. The molecular formula is C21H19ClN2O5S. The van der Waals surface area contributed by atoms with E-state index in [0.717, 1.165) is 16.7 Å². The molecule has 0 unspecified atom stereocenters. The van der Waals surface area contributed by atoms with Crippen molar-refractivity contribution in [1.82, 2.24) is 4.90 Å². The number of rotatable bonds is 7. The van der Waals surface area contributed by atoms with E-state index in [-0.39, 0.29) is 11.4 Å². The summed E-state index contributed by atoms with van der Waals surface area (Å²) in [5, 5.41) is 2.65. The van der Waals surface area contributed by atoms with E-state index < -0.39 is 17.1 Å². The molecule has 1 heterocycles. The summed E-state index contributed by atoms with van der Waals surface area (Å²) in [6.07, 6.45) is 1.56. The maximum absolute atomic E-state index is 12.7. The monoisotopic (exact) mass is 446 g/mol. The largest absolute Gasteiger partial charge is 0.493 e. The molecule has 3 rings (SSSR count). The molecule has 0 atom stereocenters. The van der Waals surface area contributed by atoms with Crippen LogP contribution < -0.4 is 14.8 Å². The van der Waals surface area contributed by atoms with E-state index in [1.807, 2.05) is 6.92 Å². The van der Waals surface area contributed by atoms with Crippen molar-refractivity contribution in [2.24, 2.45) is 0 Å². The lowest BCUT2D eigenvalue weighted by Gasteiger charge is -2.13. The van der Waals surface area contributed by atoms with Gasteiger partial charge in [-0.05, 0) is 55.1 Å². The highest BCUT2D eigenvalue weighted by atomic mass is 35.5. The third-order valence-electron chi connectivity index (χ3n) is 4.11. The molecule has 1 aliphatic rings. The lowest BCUT2D eigenvalue weighted by Crippen LogP contribution is -2.36. The molecule has 2 aromatic carbocycles. The first-order valence-electron chi connectivity index (χ1n) is 9.03. The third kappa shape index (κ3) is 4.95. The van der Waals surface area contributed by atoms with Crippen molar-refractivity contribution in [1.29, 1.82) is 0 Å². The van der Waals surface area contributed by atoms with Crippen molar-refractivity contribution in [3.05, 3.63) is 58.0 Å². The standard InChI is InChI=1S/C21H19ClN2O5S/c1-3-29-19-13(5-4-6-16(19)28-2)11-17-20(26)24(21(27)30-17)12-18(25)23-15-9-7-14(22)8-10-15/h4-11H,3,12H2,1-2H3,(H,23,25)/b17-11+. The second-order valence-electron chi connectivity index (χ2n) is 6.13. The Kier molecular flexibility index (Phi) is 7.02. The molecule has 0 aliphatic carbocycles.